The van der Waals surface area contributed by atoms with Crippen molar-refractivity contribution in [3.8, 4) is 5.75 Å². The average molecular weight is 553 g/mol. The van der Waals surface area contributed by atoms with E-state index >= 15 is 0 Å². The Hall–Kier alpha value is -2.73. The van der Waals surface area contributed by atoms with E-state index in [1.807, 2.05) is 12.1 Å². The molecule has 0 aliphatic rings. The molecule has 0 saturated carbocycles. The number of hydrogen-bond donors (Lipinski definition) is 4. The molecule has 2 aromatic rings. The molecular formula is C27H38F2N4O4S. The minimum Gasteiger partial charge on any atom is -0.496 e. The first-order valence-electron chi connectivity index (χ1n) is 12.6. The van der Waals surface area contributed by atoms with Crippen molar-refractivity contribution in [2.24, 2.45) is 5.92 Å². The van der Waals surface area contributed by atoms with Gasteiger partial charge in [-0.25, -0.2) is 13.1 Å². The van der Waals surface area contributed by atoms with Gasteiger partial charge in [-0.2, -0.15) is 0 Å². The number of carbonyl (C=O) groups is 2. The monoisotopic (exact) mass is 552 g/mol. The van der Waals surface area contributed by atoms with Gasteiger partial charge in [0, 0.05) is 36.6 Å². The number of aliphatic hydroxyl groups is 1. The van der Waals surface area contributed by atoms with Gasteiger partial charge in [0.05, 0.1) is 26.3 Å². The molecule has 1 unspecified atom stereocenters. The van der Waals surface area contributed by atoms with Crippen LogP contribution in [0.5, 0.6) is 5.75 Å². The Kier molecular flexibility index (Phi) is 13.5. The molecule has 0 bridgehead atoms. The molecule has 0 saturated heterocycles. The standard InChI is InChI=1S/C27H38F2N4O4S/c1-5-19-11-21(9-10-25(19)37-4)38-33(16-18(2)3)17-20(34)12-31-27(36)15-32-26(35)14-30-13-22-23(28)7-6-8-24(22)29/h6-11,18,20,30,34H,5,12-17H2,1-4H3,(H,31,36)(H,32,35). The van der Waals surface area contributed by atoms with E-state index in [0.29, 0.717) is 12.5 Å². The number of halogens is 2. The summed E-state index contributed by atoms with van der Waals surface area (Å²) in [4.78, 5) is 25.1. The number of ether oxygens (including phenoxy) is 1. The van der Waals surface area contributed by atoms with E-state index in [-0.39, 0.29) is 31.7 Å². The van der Waals surface area contributed by atoms with Crippen molar-refractivity contribution >= 4 is 23.8 Å². The van der Waals surface area contributed by atoms with Crippen molar-refractivity contribution in [1.29, 1.82) is 0 Å². The largest absolute Gasteiger partial charge is 0.496 e. The fourth-order valence-electron chi connectivity index (χ4n) is 3.63. The van der Waals surface area contributed by atoms with Crippen molar-refractivity contribution in [1.82, 2.24) is 20.3 Å². The average Bonchev–Trinajstić information content (AvgIpc) is 2.87. The molecule has 0 aliphatic carbocycles. The lowest BCUT2D eigenvalue weighted by Crippen LogP contribution is -2.44. The zero-order chi connectivity index (χ0) is 28.1. The summed E-state index contributed by atoms with van der Waals surface area (Å²) >= 11 is 1.54. The number of aliphatic hydroxyl groups excluding tert-OH is 1. The van der Waals surface area contributed by atoms with Gasteiger partial charge < -0.3 is 25.8 Å². The fraction of sp³-hybridized carbons (Fsp3) is 0.481. The summed E-state index contributed by atoms with van der Waals surface area (Å²) in [5, 5.41) is 18.2. The molecule has 0 aromatic heterocycles. The molecule has 38 heavy (non-hydrogen) atoms. The Morgan fingerprint density at radius 1 is 1.05 bits per heavy atom. The second-order valence-electron chi connectivity index (χ2n) is 9.20. The molecule has 2 amide bonds. The first-order chi connectivity index (χ1) is 18.1. The highest BCUT2D eigenvalue weighted by atomic mass is 32.2. The third-order valence-electron chi connectivity index (χ3n) is 5.48. The van der Waals surface area contributed by atoms with Crippen LogP contribution in [-0.4, -0.2) is 67.2 Å². The van der Waals surface area contributed by atoms with Gasteiger partial charge in [-0.1, -0.05) is 26.8 Å². The van der Waals surface area contributed by atoms with E-state index in [4.69, 9.17) is 4.74 Å². The van der Waals surface area contributed by atoms with E-state index in [9.17, 15) is 23.5 Å². The molecule has 1 atom stereocenters. The number of nitrogens with zero attached hydrogens (tertiary/aromatic N) is 1. The molecule has 210 valence electrons. The van der Waals surface area contributed by atoms with Crippen LogP contribution < -0.4 is 20.7 Å². The number of rotatable bonds is 16. The summed E-state index contributed by atoms with van der Waals surface area (Å²) in [6.07, 6.45) is 0.0229. The highest BCUT2D eigenvalue weighted by Crippen LogP contribution is 2.29. The number of hydrogen-bond acceptors (Lipinski definition) is 7. The summed E-state index contributed by atoms with van der Waals surface area (Å²) in [5.41, 5.74) is 0.945. The van der Waals surface area contributed by atoms with E-state index in [0.717, 1.165) is 41.3 Å². The Balaban J connectivity index is 1.75. The number of benzene rings is 2. The minimum atomic E-state index is -0.817. The van der Waals surface area contributed by atoms with Crippen LogP contribution in [0.3, 0.4) is 0 Å². The zero-order valence-electron chi connectivity index (χ0n) is 22.4. The quantitative estimate of drug-likeness (QED) is 0.238. The van der Waals surface area contributed by atoms with Gasteiger partial charge in [0.2, 0.25) is 11.8 Å². The molecule has 0 heterocycles. The van der Waals surface area contributed by atoms with E-state index < -0.39 is 29.6 Å². The topological polar surface area (TPSA) is 103 Å². The molecular weight excluding hydrogens is 514 g/mol. The molecule has 8 nitrogen and oxygen atoms in total. The highest BCUT2D eigenvalue weighted by Gasteiger charge is 2.17. The second kappa shape index (κ2) is 16.3. The third kappa shape index (κ3) is 10.9. The highest BCUT2D eigenvalue weighted by molar-refractivity contribution is 7.97. The lowest BCUT2D eigenvalue weighted by atomic mass is 10.1. The van der Waals surface area contributed by atoms with E-state index in [2.05, 4.69) is 47.1 Å². The molecule has 2 aromatic carbocycles. The van der Waals surface area contributed by atoms with Crippen molar-refractivity contribution in [3.63, 3.8) is 0 Å². The minimum absolute atomic E-state index is 0.0253. The van der Waals surface area contributed by atoms with Gasteiger partial charge >= 0.3 is 0 Å². The first-order valence-corrected chi connectivity index (χ1v) is 13.3. The van der Waals surface area contributed by atoms with Crippen LogP contribution in [0.25, 0.3) is 0 Å². The van der Waals surface area contributed by atoms with Crippen LogP contribution in [0.15, 0.2) is 41.3 Å². The smallest absolute Gasteiger partial charge is 0.239 e. The van der Waals surface area contributed by atoms with Crippen LogP contribution in [0, 0.1) is 17.6 Å². The summed E-state index contributed by atoms with van der Waals surface area (Å²) < 4.78 is 34.7. The van der Waals surface area contributed by atoms with Crippen LogP contribution in [0.4, 0.5) is 8.78 Å². The number of carbonyl (C=O) groups excluding carboxylic acids is 2. The van der Waals surface area contributed by atoms with Gasteiger partial charge in [-0.05, 0) is 60.2 Å². The van der Waals surface area contributed by atoms with Crippen molar-refractivity contribution < 1.29 is 28.2 Å². The van der Waals surface area contributed by atoms with Gasteiger partial charge in [-0.15, -0.1) is 0 Å². The molecule has 2 rings (SSSR count). The van der Waals surface area contributed by atoms with Crippen LogP contribution >= 0.6 is 11.9 Å². The first kappa shape index (κ1) is 31.5. The Bertz CT molecular complexity index is 1040. The van der Waals surface area contributed by atoms with Crippen LogP contribution in [-0.2, 0) is 22.6 Å². The zero-order valence-corrected chi connectivity index (χ0v) is 23.2. The van der Waals surface area contributed by atoms with Gasteiger partial charge in [0.25, 0.3) is 0 Å². The Morgan fingerprint density at radius 3 is 2.37 bits per heavy atom. The van der Waals surface area contributed by atoms with E-state index in [1.54, 1.807) is 19.1 Å². The normalized spacial score (nSPS) is 12.0. The van der Waals surface area contributed by atoms with Gasteiger partial charge in [0.15, 0.2) is 0 Å². The van der Waals surface area contributed by atoms with Crippen LogP contribution in [0.2, 0.25) is 0 Å². The maximum absolute atomic E-state index is 13.6. The van der Waals surface area contributed by atoms with Gasteiger partial charge in [-0.3, -0.25) is 9.59 Å². The number of nitrogens with one attached hydrogen (secondary N) is 3. The summed E-state index contributed by atoms with van der Waals surface area (Å²) in [5.74, 6) is -1.14. The second-order valence-corrected chi connectivity index (χ2v) is 10.4. The fourth-order valence-corrected chi connectivity index (χ4v) is 4.87. The maximum atomic E-state index is 13.6. The molecule has 0 spiro atoms. The lowest BCUT2D eigenvalue weighted by Gasteiger charge is -2.26. The molecule has 0 fully saturated rings. The third-order valence-corrected chi connectivity index (χ3v) is 6.50. The molecule has 0 radical (unpaired) electrons. The lowest BCUT2D eigenvalue weighted by molar-refractivity contribution is -0.125. The van der Waals surface area contributed by atoms with Crippen molar-refractivity contribution in [3.05, 3.63) is 59.2 Å². The molecule has 4 N–H and O–H groups in total. The Morgan fingerprint density at radius 2 is 1.74 bits per heavy atom. The number of amides is 2. The predicted octanol–water partition coefficient (Wildman–Crippen LogP) is 2.88. The molecule has 0 aliphatic heterocycles. The van der Waals surface area contributed by atoms with Crippen molar-refractivity contribution in [2.45, 2.75) is 44.7 Å². The SMILES string of the molecule is CCc1cc(SN(CC(C)C)CC(O)CNC(=O)CNC(=O)CNCc2c(F)cccc2F)ccc1OC. The number of aryl methyl sites for hydroxylation is 1. The van der Waals surface area contributed by atoms with Crippen LogP contribution in [0.1, 0.15) is 31.9 Å². The van der Waals surface area contributed by atoms with E-state index in [1.165, 1.54) is 6.07 Å². The van der Waals surface area contributed by atoms with Gasteiger partial charge in [0.1, 0.15) is 17.4 Å². The molecule has 11 heteroatoms. The summed E-state index contributed by atoms with van der Waals surface area (Å²) in [7, 11) is 1.65. The maximum Gasteiger partial charge on any atom is 0.239 e. The Labute approximate surface area is 227 Å². The number of methoxy groups -OCH3 is 1. The summed E-state index contributed by atoms with van der Waals surface area (Å²) in [6, 6.07) is 9.54. The predicted molar refractivity (Wildman–Crippen MR) is 145 cm³/mol. The summed E-state index contributed by atoms with van der Waals surface area (Å²) in [6.45, 7) is 6.70. The van der Waals surface area contributed by atoms with Crippen molar-refractivity contribution in [2.75, 3.05) is 39.8 Å².